The van der Waals surface area contributed by atoms with Crippen molar-refractivity contribution in [1.82, 2.24) is 4.90 Å². The minimum absolute atomic E-state index is 0.0241. The molecule has 0 atom stereocenters. The van der Waals surface area contributed by atoms with Crippen LogP contribution in [-0.2, 0) is 9.59 Å². The molecule has 0 unspecified atom stereocenters. The highest BCUT2D eigenvalue weighted by atomic mass is 16.2. The molecule has 2 fully saturated rings. The van der Waals surface area contributed by atoms with Crippen LogP contribution in [0.4, 0.5) is 0 Å². The Labute approximate surface area is 131 Å². The quantitative estimate of drug-likeness (QED) is 0.551. The van der Waals surface area contributed by atoms with E-state index in [0.717, 1.165) is 38.0 Å². The van der Waals surface area contributed by atoms with Gasteiger partial charge >= 0.3 is 0 Å². The fraction of sp³-hybridized carbons (Fsp3) is 0.611. The highest BCUT2D eigenvalue weighted by molar-refractivity contribution is 6.26. The summed E-state index contributed by atoms with van der Waals surface area (Å²) in [5.74, 6) is -0.155. The van der Waals surface area contributed by atoms with Crippen LogP contribution in [0.2, 0.25) is 0 Å². The summed E-state index contributed by atoms with van der Waals surface area (Å²) in [5, 5.41) is 9.70. The Kier molecular flexibility index (Phi) is 3.68. The van der Waals surface area contributed by atoms with Crippen LogP contribution in [0.5, 0.6) is 0 Å². The molecule has 1 heterocycles. The highest BCUT2D eigenvalue weighted by Crippen LogP contribution is 2.45. The second kappa shape index (κ2) is 5.39. The summed E-state index contributed by atoms with van der Waals surface area (Å²) >= 11 is 0. The largest absolute Gasteiger partial charge is 0.374 e. The lowest BCUT2D eigenvalue weighted by Crippen LogP contribution is -2.30. The first-order valence-electron chi connectivity index (χ1n) is 8.11. The summed E-state index contributed by atoms with van der Waals surface area (Å²) in [7, 11) is 0. The van der Waals surface area contributed by atoms with E-state index in [1.807, 2.05) is 0 Å². The zero-order valence-corrected chi connectivity index (χ0v) is 13.4. The van der Waals surface area contributed by atoms with Crippen molar-refractivity contribution in [2.24, 2.45) is 5.41 Å². The van der Waals surface area contributed by atoms with Crippen molar-refractivity contribution >= 4 is 11.6 Å². The number of hydrogen-bond donors (Lipinski definition) is 0. The van der Waals surface area contributed by atoms with Gasteiger partial charge in [-0.05, 0) is 36.7 Å². The van der Waals surface area contributed by atoms with Gasteiger partial charge in [-0.1, -0.05) is 13.8 Å². The molecule has 0 amide bonds. The van der Waals surface area contributed by atoms with Gasteiger partial charge in [-0.3, -0.25) is 9.59 Å². The van der Waals surface area contributed by atoms with Gasteiger partial charge < -0.3 is 4.90 Å². The molecule has 3 rings (SSSR count). The Morgan fingerprint density at radius 3 is 2.18 bits per heavy atom. The maximum Gasteiger partial charge on any atom is 0.167 e. The van der Waals surface area contributed by atoms with E-state index >= 15 is 0 Å². The molecule has 0 aromatic rings. The minimum Gasteiger partial charge on any atom is -0.374 e. The van der Waals surface area contributed by atoms with Crippen molar-refractivity contribution in [3.05, 3.63) is 22.4 Å². The number of nitrogens with zero attached hydrogens (tertiary/aromatic N) is 2. The molecule has 0 spiro atoms. The number of ketones is 2. The van der Waals surface area contributed by atoms with E-state index in [4.69, 9.17) is 0 Å². The van der Waals surface area contributed by atoms with E-state index in [1.165, 1.54) is 0 Å². The summed E-state index contributed by atoms with van der Waals surface area (Å²) in [6, 6.07) is 2.31. The minimum atomic E-state index is -0.0776. The topological polar surface area (TPSA) is 61.2 Å². The number of carbonyl (C=O) groups is 2. The molecule has 0 N–H and O–H groups in total. The van der Waals surface area contributed by atoms with Crippen molar-refractivity contribution in [3.8, 4) is 6.07 Å². The van der Waals surface area contributed by atoms with Crippen LogP contribution >= 0.6 is 0 Å². The average molecular weight is 298 g/mol. The van der Waals surface area contributed by atoms with Crippen molar-refractivity contribution in [2.45, 2.75) is 52.4 Å². The lowest BCUT2D eigenvalue weighted by Gasteiger charge is -2.37. The SMILES string of the molecule is CC1(C)CC(=C2C(=O)CCC2=O)C(C#N)=C(N2CCCC2)C1. The van der Waals surface area contributed by atoms with Crippen LogP contribution in [-0.4, -0.2) is 29.6 Å². The number of nitriles is 1. The Hall–Kier alpha value is -1.89. The highest BCUT2D eigenvalue weighted by Gasteiger charge is 2.39. The third kappa shape index (κ3) is 2.49. The van der Waals surface area contributed by atoms with Crippen LogP contribution in [0.1, 0.15) is 52.4 Å². The van der Waals surface area contributed by atoms with Gasteiger partial charge in [-0.2, -0.15) is 5.26 Å². The van der Waals surface area contributed by atoms with E-state index in [2.05, 4.69) is 24.8 Å². The van der Waals surface area contributed by atoms with E-state index < -0.39 is 0 Å². The number of carbonyl (C=O) groups excluding carboxylic acids is 2. The monoisotopic (exact) mass is 298 g/mol. The molecule has 1 aliphatic heterocycles. The molecule has 0 bridgehead atoms. The third-order valence-electron chi connectivity index (χ3n) is 4.93. The molecule has 4 nitrogen and oxygen atoms in total. The summed E-state index contributed by atoms with van der Waals surface area (Å²) in [4.78, 5) is 26.6. The van der Waals surface area contributed by atoms with Crippen molar-refractivity contribution in [1.29, 1.82) is 5.26 Å². The molecule has 1 saturated heterocycles. The van der Waals surface area contributed by atoms with Crippen LogP contribution in [0.25, 0.3) is 0 Å². The number of allylic oxidation sites excluding steroid dienone is 4. The predicted molar refractivity (Wildman–Crippen MR) is 82.7 cm³/mol. The number of rotatable bonds is 1. The van der Waals surface area contributed by atoms with Gasteiger partial charge in [0.15, 0.2) is 11.6 Å². The molecule has 22 heavy (non-hydrogen) atoms. The summed E-state index contributed by atoms with van der Waals surface area (Å²) < 4.78 is 0. The van der Waals surface area contributed by atoms with Crippen molar-refractivity contribution in [3.63, 3.8) is 0 Å². The lowest BCUT2D eigenvalue weighted by atomic mass is 9.72. The number of hydrogen-bond acceptors (Lipinski definition) is 4. The molecule has 1 saturated carbocycles. The van der Waals surface area contributed by atoms with Crippen molar-refractivity contribution in [2.75, 3.05) is 13.1 Å². The zero-order valence-electron chi connectivity index (χ0n) is 13.4. The molecule has 0 radical (unpaired) electrons. The van der Waals surface area contributed by atoms with Gasteiger partial charge in [0.2, 0.25) is 0 Å². The van der Waals surface area contributed by atoms with Crippen LogP contribution in [0.3, 0.4) is 0 Å². The summed E-state index contributed by atoms with van der Waals surface area (Å²) in [5.41, 5.74) is 2.66. The molecular formula is C18H22N2O2. The van der Waals surface area contributed by atoms with Gasteiger partial charge in [0, 0.05) is 31.6 Å². The Morgan fingerprint density at radius 2 is 1.64 bits per heavy atom. The maximum absolute atomic E-state index is 12.2. The Morgan fingerprint density at radius 1 is 1.05 bits per heavy atom. The van der Waals surface area contributed by atoms with Gasteiger partial charge in [0.1, 0.15) is 6.07 Å². The zero-order chi connectivity index (χ0) is 15.9. The standard InChI is InChI=1S/C18H22N2O2/c1-18(2)9-12(17-15(21)5-6-16(17)22)13(11-19)14(10-18)20-7-3-4-8-20/h3-10H2,1-2H3. The van der Waals surface area contributed by atoms with E-state index in [1.54, 1.807) is 0 Å². The van der Waals surface area contributed by atoms with Gasteiger partial charge in [0.05, 0.1) is 11.1 Å². The fourth-order valence-electron chi connectivity index (χ4n) is 3.92. The Balaban J connectivity index is 2.17. The molecule has 0 aromatic heterocycles. The molecule has 4 heteroatoms. The molecular weight excluding hydrogens is 276 g/mol. The second-order valence-electron chi connectivity index (χ2n) is 7.35. The first-order valence-corrected chi connectivity index (χ1v) is 8.11. The average Bonchev–Trinajstić information content (AvgIpc) is 3.07. The van der Waals surface area contributed by atoms with Crippen molar-refractivity contribution < 1.29 is 9.59 Å². The first kappa shape index (κ1) is 15.0. The lowest BCUT2D eigenvalue weighted by molar-refractivity contribution is -0.116. The number of Topliss-reactive ketones (excluding diaryl/α,β-unsaturated/α-hetero) is 2. The number of likely N-dealkylation sites (tertiary alicyclic amines) is 1. The maximum atomic E-state index is 12.2. The Bertz CT molecular complexity index is 622. The fourth-order valence-corrected chi connectivity index (χ4v) is 3.92. The third-order valence-corrected chi connectivity index (χ3v) is 4.93. The summed E-state index contributed by atoms with van der Waals surface area (Å²) in [6.45, 7) is 6.26. The van der Waals surface area contributed by atoms with E-state index in [0.29, 0.717) is 36.0 Å². The van der Waals surface area contributed by atoms with Crippen LogP contribution in [0.15, 0.2) is 22.4 Å². The van der Waals surface area contributed by atoms with Gasteiger partial charge in [0.25, 0.3) is 0 Å². The first-order chi connectivity index (χ1) is 10.4. The molecule has 116 valence electrons. The summed E-state index contributed by atoms with van der Waals surface area (Å²) in [6.07, 6.45) is 4.37. The smallest absolute Gasteiger partial charge is 0.167 e. The second-order valence-corrected chi connectivity index (χ2v) is 7.35. The molecule has 2 aliphatic carbocycles. The molecule has 3 aliphatic rings. The van der Waals surface area contributed by atoms with Gasteiger partial charge in [-0.25, -0.2) is 0 Å². The normalized spacial score (nSPS) is 25.2. The van der Waals surface area contributed by atoms with E-state index in [-0.39, 0.29) is 17.0 Å². The molecule has 0 aromatic carbocycles. The van der Waals surface area contributed by atoms with Crippen LogP contribution in [0, 0.1) is 16.7 Å². The van der Waals surface area contributed by atoms with Gasteiger partial charge in [-0.15, -0.1) is 0 Å². The van der Waals surface area contributed by atoms with E-state index in [9.17, 15) is 14.9 Å². The van der Waals surface area contributed by atoms with Crippen LogP contribution < -0.4 is 0 Å². The predicted octanol–water partition coefficient (Wildman–Crippen LogP) is 2.91.